The molecule has 1 aliphatic rings. The second kappa shape index (κ2) is 1.47. The predicted octanol–water partition coefficient (Wildman–Crippen LogP) is 1.41. The Labute approximate surface area is 50.7 Å². The zero-order valence-electron chi connectivity index (χ0n) is 5.81. The zero-order valence-corrected chi connectivity index (χ0v) is 5.81. The third kappa shape index (κ3) is 0.655. The van der Waals surface area contributed by atoms with Gasteiger partial charge in [-0.25, -0.2) is 0 Å². The maximum Gasteiger partial charge on any atom is 0.0700 e. The zero-order chi connectivity index (χ0) is 6.36. The molecule has 0 heterocycles. The summed E-state index contributed by atoms with van der Waals surface area (Å²) in [4.78, 5) is 0. The van der Waals surface area contributed by atoms with Crippen LogP contribution < -0.4 is 0 Å². The van der Waals surface area contributed by atoms with E-state index in [1.807, 2.05) is 0 Å². The standard InChI is InChI=1S/C7H14O/c1-5(2)7(8)4-6(7)3/h5-6,8H,4H2,1-3H3/t6-,7+/m1/s1. The van der Waals surface area contributed by atoms with Gasteiger partial charge in [0.15, 0.2) is 0 Å². The third-order valence-electron chi connectivity index (χ3n) is 2.33. The van der Waals surface area contributed by atoms with Crippen LogP contribution in [0.15, 0.2) is 0 Å². The fraction of sp³-hybridized carbons (Fsp3) is 1.00. The highest BCUT2D eigenvalue weighted by Crippen LogP contribution is 2.48. The van der Waals surface area contributed by atoms with Gasteiger partial charge in [-0.2, -0.15) is 0 Å². The maximum absolute atomic E-state index is 9.47. The van der Waals surface area contributed by atoms with Crippen molar-refractivity contribution < 1.29 is 5.11 Å². The van der Waals surface area contributed by atoms with Crippen molar-refractivity contribution in [2.24, 2.45) is 11.8 Å². The molecule has 48 valence electrons. The van der Waals surface area contributed by atoms with Crippen molar-refractivity contribution in [1.82, 2.24) is 0 Å². The second-order valence-corrected chi connectivity index (χ2v) is 3.25. The van der Waals surface area contributed by atoms with Gasteiger partial charge in [-0.05, 0) is 18.3 Å². The van der Waals surface area contributed by atoms with Crippen LogP contribution in [0.1, 0.15) is 27.2 Å². The maximum atomic E-state index is 9.47. The van der Waals surface area contributed by atoms with Crippen molar-refractivity contribution in [3.8, 4) is 0 Å². The van der Waals surface area contributed by atoms with Gasteiger partial charge < -0.3 is 5.11 Å². The summed E-state index contributed by atoms with van der Waals surface area (Å²) in [5.74, 6) is 0.986. The van der Waals surface area contributed by atoms with E-state index in [1.54, 1.807) is 0 Å². The molecule has 1 rings (SSSR count). The highest BCUT2D eigenvalue weighted by molar-refractivity contribution is 5.02. The van der Waals surface area contributed by atoms with Crippen LogP contribution in [0.3, 0.4) is 0 Å². The molecule has 1 N–H and O–H groups in total. The quantitative estimate of drug-likeness (QED) is 0.546. The van der Waals surface area contributed by atoms with Gasteiger partial charge in [-0.1, -0.05) is 20.8 Å². The van der Waals surface area contributed by atoms with Crippen LogP contribution in [0, 0.1) is 11.8 Å². The molecule has 1 heteroatoms. The average molecular weight is 114 g/mol. The SMILES string of the molecule is CC(C)[C@@]1(O)C[C@H]1C. The molecular weight excluding hydrogens is 100 g/mol. The summed E-state index contributed by atoms with van der Waals surface area (Å²) in [5.41, 5.74) is -0.292. The lowest BCUT2D eigenvalue weighted by Gasteiger charge is -2.11. The smallest absolute Gasteiger partial charge is 0.0700 e. The molecule has 0 unspecified atom stereocenters. The largest absolute Gasteiger partial charge is 0.389 e. The molecule has 0 aliphatic heterocycles. The normalized spacial score (nSPS) is 45.4. The minimum absolute atomic E-state index is 0.292. The van der Waals surface area contributed by atoms with Crippen LogP contribution in [0.5, 0.6) is 0 Å². The molecule has 8 heavy (non-hydrogen) atoms. The lowest BCUT2D eigenvalue weighted by Crippen LogP contribution is -2.17. The molecule has 1 saturated carbocycles. The molecular formula is C7H14O. The van der Waals surface area contributed by atoms with Gasteiger partial charge in [0.05, 0.1) is 5.60 Å². The summed E-state index contributed by atoms with van der Waals surface area (Å²) in [6.45, 7) is 6.24. The van der Waals surface area contributed by atoms with Crippen molar-refractivity contribution in [3.05, 3.63) is 0 Å². The Hall–Kier alpha value is -0.0400. The Morgan fingerprint density at radius 2 is 2.00 bits per heavy atom. The molecule has 0 bridgehead atoms. The van der Waals surface area contributed by atoms with Gasteiger partial charge in [0.2, 0.25) is 0 Å². The monoisotopic (exact) mass is 114 g/mol. The van der Waals surface area contributed by atoms with Crippen molar-refractivity contribution in [2.75, 3.05) is 0 Å². The lowest BCUT2D eigenvalue weighted by molar-refractivity contribution is 0.0846. The molecule has 0 amide bonds. The number of hydrogen-bond donors (Lipinski definition) is 1. The molecule has 0 spiro atoms. The highest BCUT2D eigenvalue weighted by Gasteiger charge is 2.51. The van der Waals surface area contributed by atoms with E-state index >= 15 is 0 Å². The van der Waals surface area contributed by atoms with Crippen molar-refractivity contribution in [2.45, 2.75) is 32.8 Å². The van der Waals surface area contributed by atoms with E-state index in [-0.39, 0.29) is 5.60 Å². The summed E-state index contributed by atoms with van der Waals surface area (Å²) >= 11 is 0. The van der Waals surface area contributed by atoms with Crippen molar-refractivity contribution >= 4 is 0 Å². The Bertz CT molecular complexity index is 98.6. The van der Waals surface area contributed by atoms with Gasteiger partial charge in [-0.15, -0.1) is 0 Å². The molecule has 1 fully saturated rings. The topological polar surface area (TPSA) is 20.2 Å². The van der Waals surface area contributed by atoms with Gasteiger partial charge in [0.25, 0.3) is 0 Å². The first kappa shape index (κ1) is 6.09. The Balaban J connectivity index is 2.47. The molecule has 2 atom stereocenters. The van der Waals surface area contributed by atoms with E-state index in [0.29, 0.717) is 11.8 Å². The molecule has 0 radical (unpaired) electrons. The van der Waals surface area contributed by atoms with Gasteiger partial charge >= 0.3 is 0 Å². The molecule has 0 aromatic heterocycles. The fourth-order valence-electron chi connectivity index (χ4n) is 1.24. The minimum Gasteiger partial charge on any atom is -0.389 e. The van der Waals surface area contributed by atoms with E-state index in [2.05, 4.69) is 20.8 Å². The van der Waals surface area contributed by atoms with Crippen LogP contribution in [0.4, 0.5) is 0 Å². The fourth-order valence-corrected chi connectivity index (χ4v) is 1.24. The summed E-state index contributed by atoms with van der Waals surface area (Å²) in [5, 5.41) is 9.47. The van der Waals surface area contributed by atoms with Crippen molar-refractivity contribution in [3.63, 3.8) is 0 Å². The summed E-state index contributed by atoms with van der Waals surface area (Å²) < 4.78 is 0. The molecule has 0 aromatic rings. The Morgan fingerprint density at radius 3 is 2.00 bits per heavy atom. The molecule has 1 nitrogen and oxygen atoms in total. The molecule has 1 aliphatic carbocycles. The van der Waals surface area contributed by atoms with Crippen LogP contribution in [-0.2, 0) is 0 Å². The predicted molar refractivity (Wildman–Crippen MR) is 33.6 cm³/mol. The number of rotatable bonds is 1. The van der Waals surface area contributed by atoms with Crippen molar-refractivity contribution in [1.29, 1.82) is 0 Å². The molecule has 0 saturated heterocycles. The van der Waals surface area contributed by atoms with E-state index in [4.69, 9.17) is 0 Å². The van der Waals surface area contributed by atoms with E-state index in [1.165, 1.54) is 0 Å². The van der Waals surface area contributed by atoms with Crippen LogP contribution in [0.2, 0.25) is 0 Å². The van der Waals surface area contributed by atoms with E-state index < -0.39 is 0 Å². The first-order chi connectivity index (χ1) is 3.57. The van der Waals surface area contributed by atoms with Gasteiger partial charge in [0.1, 0.15) is 0 Å². The Morgan fingerprint density at radius 1 is 1.62 bits per heavy atom. The Kier molecular flexibility index (Phi) is 1.12. The minimum atomic E-state index is -0.292. The highest BCUT2D eigenvalue weighted by atomic mass is 16.3. The van der Waals surface area contributed by atoms with E-state index in [0.717, 1.165) is 6.42 Å². The summed E-state index contributed by atoms with van der Waals surface area (Å²) in [6.07, 6.45) is 1.00. The molecule has 0 aromatic carbocycles. The average Bonchev–Trinajstić information content (AvgIpc) is 2.17. The third-order valence-corrected chi connectivity index (χ3v) is 2.33. The first-order valence-corrected chi connectivity index (χ1v) is 3.29. The van der Waals surface area contributed by atoms with Crippen LogP contribution in [-0.4, -0.2) is 10.7 Å². The summed E-state index contributed by atoms with van der Waals surface area (Å²) in [7, 11) is 0. The lowest BCUT2D eigenvalue weighted by atomic mass is 10.0. The second-order valence-electron chi connectivity index (χ2n) is 3.25. The number of hydrogen-bond acceptors (Lipinski definition) is 1. The van der Waals surface area contributed by atoms with E-state index in [9.17, 15) is 5.11 Å². The van der Waals surface area contributed by atoms with Crippen LogP contribution in [0.25, 0.3) is 0 Å². The van der Waals surface area contributed by atoms with Gasteiger partial charge in [-0.3, -0.25) is 0 Å². The van der Waals surface area contributed by atoms with Crippen LogP contribution >= 0.6 is 0 Å². The summed E-state index contributed by atoms with van der Waals surface area (Å²) in [6, 6.07) is 0. The first-order valence-electron chi connectivity index (χ1n) is 3.29. The number of aliphatic hydroxyl groups is 1. The van der Waals surface area contributed by atoms with Gasteiger partial charge in [0, 0.05) is 0 Å².